The van der Waals surface area contributed by atoms with Crippen molar-refractivity contribution in [2.45, 2.75) is 113 Å². The number of hydrogen-bond donors (Lipinski definition) is 1. The number of nitrogens with one attached hydrogen (secondary N) is 1. The van der Waals surface area contributed by atoms with Gasteiger partial charge in [0, 0.05) is 6.54 Å². The van der Waals surface area contributed by atoms with Crippen molar-refractivity contribution < 1.29 is 75.0 Å². The van der Waals surface area contributed by atoms with E-state index in [1.165, 1.54) is 0 Å². The van der Waals surface area contributed by atoms with Gasteiger partial charge in [0.2, 0.25) is 0 Å². The highest BCUT2D eigenvalue weighted by molar-refractivity contribution is 5.84. The van der Waals surface area contributed by atoms with Crippen molar-refractivity contribution in [3.63, 3.8) is 0 Å². The van der Waals surface area contributed by atoms with Gasteiger partial charge in [-0.05, 0) is 6.42 Å². The van der Waals surface area contributed by atoms with E-state index < -0.39 is 60.3 Å². The van der Waals surface area contributed by atoms with Crippen molar-refractivity contribution in [3.05, 3.63) is 0 Å². The second-order valence-electron chi connectivity index (χ2n) is 8.45. The van der Waals surface area contributed by atoms with Crippen LogP contribution in [0.1, 0.15) is 64.7 Å². The largest absolute Gasteiger partial charge is 0.392 e. The van der Waals surface area contributed by atoms with Gasteiger partial charge in [-0.25, -0.2) is 8.78 Å². The summed E-state index contributed by atoms with van der Waals surface area (Å²) in [5.74, 6) is -59.2. The first-order valence-corrected chi connectivity index (χ1v) is 11.1. The van der Waals surface area contributed by atoms with Crippen LogP contribution in [0.15, 0.2) is 0 Å². The molecule has 0 heterocycles. The Labute approximate surface area is 206 Å². The van der Waals surface area contributed by atoms with Gasteiger partial charge in [0.15, 0.2) is 0 Å². The zero-order valence-corrected chi connectivity index (χ0v) is 19.6. The van der Waals surface area contributed by atoms with Crippen LogP contribution in [-0.2, 0) is 4.79 Å². The molecule has 0 aromatic carbocycles. The smallest absolute Gasteiger partial charge is 0.351 e. The van der Waals surface area contributed by atoms with E-state index in [0.717, 1.165) is 37.4 Å². The Balaban J connectivity index is 5.56. The molecule has 0 spiro atoms. The number of unbranched alkanes of at least 4 members (excludes halogenated alkanes) is 8. The van der Waals surface area contributed by atoms with Gasteiger partial charge >= 0.3 is 47.9 Å². The van der Waals surface area contributed by atoms with Gasteiger partial charge in [-0.1, -0.05) is 58.3 Å². The summed E-state index contributed by atoms with van der Waals surface area (Å²) in [5.41, 5.74) is 0. The second-order valence-corrected chi connectivity index (χ2v) is 8.45. The highest BCUT2D eigenvalue weighted by atomic mass is 19.4. The van der Waals surface area contributed by atoms with E-state index in [1.54, 1.807) is 0 Å². The summed E-state index contributed by atoms with van der Waals surface area (Å²) < 4.78 is 212. The third-order valence-electron chi connectivity index (χ3n) is 5.52. The third-order valence-corrected chi connectivity index (χ3v) is 5.52. The molecular formula is C20H25F16NO. The molecule has 0 aliphatic carbocycles. The van der Waals surface area contributed by atoms with Crippen molar-refractivity contribution in [2.24, 2.45) is 0 Å². The molecule has 0 saturated heterocycles. The summed E-state index contributed by atoms with van der Waals surface area (Å²) in [6.07, 6.45) is -0.190. The number of halogens is 16. The van der Waals surface area contributed by atoms with Crippen molar-refractivity contribution in [1.82, 2.24) is 5.32 Å². The van der Waals surface area contributed by atoms with Crippen LogP contribution in [0.2, 0.25) is 0 Å². The van der Waals surface area contributed by atoms with Crippen LogP contribution in [0.25, 0.3) is 0 Å². The normalized spacial score (nSPS) is 14.8. The Morgan fingerprint density at radius 3 is 1.29 bits per heavy atom. The molecule has 0 aromatic heterocycles. The maximum absolute atomic E-state index is 13.8. The van der Waals surface area contributed by atoms with Crippen LogP contribution >= 0.6 is 0 Å². The first kappa shape index (κ1) is 36.4. The average Bonchev–Trinajstić information content (AvgIpc) is 2.79. The molecule has 0 saturated carbocycles. The SMILES string of the molecule is CCCCCCCCCCCNC(=O)C(F)(F)C(F)(F)C(F)(F)C(F)(F)C(F)(F)C(F)(F)C(F)(F)C(F)F. The number of hydrogen-bond acceptors (Lipinski definition) is 1. The van der Waals surface area contributed by atoms with Crippen LogP contribution in [0, 0.1) is 0 Å². The first-order chi connectivity index (χ1) is 16.9. The second kappa shape index (κ2) is 12.7. The molecule has 0 aliphatic rings. The van der Waals surface area contributed by atoms with E-state index in [2.05, 4.69) is 0 Å². The summed E-state index contributed by atoms with van der Waals surface area (Å²) in [7, 11) is 0. The third kappa shape index (κ3) is 6.55. The first-order valence-electron chi connectivity index (χ1n) is 11.1. The molecule has 228 valence electrons. The zero-order valence-electron chi connectivity index (χ0n) is 19.6. The van der Waals surface area contributed by atoms with Gasteiger partial charge in [0.1, 0.15) is 0 Å². The molecular weight excluding hydrogens is 574 g/mol. The summed E-state index contributed by atoms with van der Waals surface area (Å²) in [6.45, 7) is 1.07. The quantitative estimate of drug-likeness (QED) is 0.125. The number of alkyl halides is 16. The Morgan fingerprint density at radius 1 is 0.553 bits per heavy atom. The maximum atomic E-state index is 13.8. The van der Waals surface area contributed by atoms with E-state index >= 15 is 0 Å². The Kier molecular flexibility index (Phi) is 12.1. The molecule has 0 rings (SSSR count). The molecule has 0 bridgehead atoms. The van der Waals surface area contributed by atoms with Crippen LogP contribution in [0.5, 0.6) is 0 Å². The van der Waals surface area contributed by atoms with Gasteiger partial charge < -0.3 is 5.32 Å². The lowest BCUT2D eigenvalue weighted by Crippen LogP contribution is -2.74. The Hall–Kier alpha value is -1.65. The molecule has 18 heteroatoms. The molecule has 0 radical (unpaired) electrons. The zero-order chi connectivity index (χ0) is 30.4. The van der Waals surface area contributed by atoms with E-state index in [1.807, 2.05) is 6.92 Å². The standard InChI is InChI=1S/C20H25F16NO/c1-2-3-4-5-6-7-8-9-10-11-37-13(38)15(25,26)17(29,30)19(33,34)20(35,36)18(31,32)16(27,28)14(23,24)12(21)22/h12H,2-11H2,1H3,(H,37,38). The molecule has 0 atom stereocenters. The summed E-state index contributed by atoms with van der Waals surface area (Å²) >= 11 is 0. The van der Waals surface area contributed by atoms with Crippen LogP contribution < -0.4 is 5.32 Å². The van der Waals surface area contributed by atoms with Gasteiger partial charge in [-0.3, -0.25) is 4.79 Å². The van der Waals surface area contributed by atoms with Crippen LogP contribution in [0.3, 0.4) is 0 Å². The fraction of sp³-hybridized carbons (Fsp3) is 0.950. The van der Waals surface area contributed by atoms with Gasteiger partial charge in [-0.15, -0.1) is 0 Å². The predicted octanol–water partition coefficient (Wildman–Crippen LogP) is 8.35. The van der Waals surface area contributed by atoms with Crippen molar-refractivity contribution in [1.29, 1.82) is 0 Å². The van der Waals surface area contributed by atoms with Crippen molar-refractivity contribution >= 4 is 5.91 Å². The van der Waals surface area contributed by atoms with Crippen LogP contribution in [-0.4, -0.2) is 60.3 Å². The number of carbonyl (C=O) groups excluding carboxylic acids is 1. The minimum Gasteiger partial charge on any atom is -0.351 e. The number of carbonyl (C=O) groups is 1. The summed E-state index contributed by atoms with van der Waals surface area (Å²) in [5, 5.41) is 0.978. The van der Waals surface area contributed by atoms with Gasteiger partial charge in [0.25, 0.3) is 5.91 Å². The molecule has 0 aliphatic heterocycles. The van der Waals surface area contributed by atoms with Crippen LogP contribution in [0.4, 0.5) is 70.2 Å². The van der Waals surface area contributed by atoms with Gasteiger partial charge in [0.05, 0.1) is 0 Å². The lowest BCUT2D eigenvalue weighted by Gasteiger charge is -2.42. The molecule has 2 nitrogen and oxygen atoms in total. The molecule has 0 unspecified atom stereocenters. The lowest BCUT2D eigenvalue weighted by molar-refractivity contribution is -0.443. The highest BCUT2D eigenvalue weighted by Crippen LogP contribution is 2.62. The average molecular weight is 599 g/mol. The van der Waals surface area contributed by atoms with Crippen molar-refractivity contribution in [2.75, 3.05) is 6.54 Å². The van der Waals surface area contributed by atoms with E-state index in [-0.39, 0.29) is 12.8 Å². The fourth-order valence-corrected chi connectivity index (χ4v) is 3.03. The molecule has 1 amide bonds. The fourth-order valence-electron chi connectivity index (χ4n) is 3.03. The molecule has 0 aromatic rings. The Morgan fingerprint density at radius 2 is 0.895 bits per heavy atom. The maximum Gasteiger partial charge on any atom is 0.392 e. The molecule has 38 heavy (non-hydrogen) atoms. The minimum absolute atomic E-state index is 0.198. The molecule has 0 fully saturated rings. The molecule has 1 N–H and O–H groups in total. The summed E-state index contributed by atoms with van der Waals surface area (Å²) in [6, 6.07) is 0. The Bertz CT molecular complexity index is 753. The number of rotatable bonds is 18. The van der Waals surface area contributed by atoms with Gasteiger partial charge in [-0.2, -0.15) is 61.5 Å². The van der Waals surface area contributed by atoms with E-state index in [9.17, 15) is 75.0 Å². The lowest BCUT2D eigenvalue weighted by atomic mass is 9.89. The predicted molar refractivity (Wildman–Crippen MR) is 101 cm³/mol. The van der Waals surface area contributed by atoms with Crippen molar-refractivity contribution in [3.8, 4) is 0 Å². The highest BCUT2D eigenvalue weighted by Gasteiger charge is 2.94. The van der Waals surface area contributed by atoms with E-state index in [4.69, 9.17) is 0 Å². The minimum atomic E-state index is -8.51. The number of amides is 1. The topological polar surface area (TPSA) is 29.1 Å². The summed E-state index contributed by atoms with van der Waals surface area (Å²) in [4.78, 5) is 11.3. The van der Waals surface area contributed by atoms with E-state index in [0.29, 0.717) is 12.8 Å². The monoisotopic (exact) mass is 599 g/mol.